The van der Waals surface area contributed by atoms with Gasteiger partial charge in [-0.3, -0.25) is 4.79 Å². The van der Waals surface area contributed by atoms with E-state index in [4.69, 9.17) is 11.6 Å². The minimum absolute atomic E-state index is 0.0138. The molecule has 17 heavy (non-hydrogen) atoms. The zero-order valence-corrected chi connectivity index (χ0v) is 11.9. The molecule has 0 amide bonds. The maximum atomic E-state index is 11.8. The van der Waals surface area contributed by atoms with Crippen LogP contribution in [0.15, 0.2) is 18.2 Å². The smallest absolute Gasteiger partial charge is 0.166 e. The quantitative estimate of drug-likeness (QED) is 0.454. The van der Waals surface area contributed by atoms with Gasteiger partial charge in [-0.15, -0.1) is 0 Å². The van der Waals surface area contributed by atoms with Crippen LogP contribution in [-0.2, 0) is 0 Å². The SMILES string of the molecule is O=C(CCCCCCBr)c1cc(Cl)ccc1O. The number of benzene rings is 1. The summed E-state index contributed by atoms with van der Waals surface area (Å²) in [5.41, 5.74) is 0.331. The second-order valence-electron chi connectivity index (χ2n) is 3.94. The van der Waals surface area contributed by atoms with Gasteiger partial charge in [-0.2, -0.15) is 0 Å². The largest absolute Gasteiger partial charge is 0.507 e. The Morgan fingerprint density at radius 3 is 2.65 bits per heavy atom. The van der Waals surface area contributed by atoms with Gasteiger partial charge in [-0.1, -0.05) is 40.4 Å². The van der Waals surface area contributed by atoms with E-state index in [1.165, 1.54) is 12.1 Å². The fourth-order valence-electron chi connectivity index (χ4n) is 1.60. The van der Waals surface area contributed by atoms with Gasteiger partial charge in [0.25, 0.3) is 0 Å². The molecular weight excluding hydrogens is 303 g/mol. The molecule has 0 aliphatic rings. The number of carbonyl (C=O) groups excluding carboxylic acids is 1. The molecule has 1 rings (SSSR count). The number of aromatic hydroxyl groups is 1. The third-order valence-electron chi connectivity index (χ3n) is 2.55. The summed E-state index contributed by atoms with van der Waals surface area (Å²) in [4.78, 5) is 11.8. The minimum Gasteiger partial charge on any atom is -0.507 e. The number of ketones is 1. The van der Waals surface area contributed by atoms with Crippen LogP contribution in [0.25, 0.3) is 0 Å². The van der Waals surface area contributed by atoms with Crippen molar-refractivity contribution < 1.29 is 9.90 Å². The molecule has 94 valence electrons. The highest BCUT2D eigenvalue weighted by molar-refractivity contribution is 9.09. The summed E-state index contributed by atoms with van der Waals surface area (Å²) in [5.74, 6) is -0.0244. The lowest BCUT2D eigenvalue weighted by molar-refractivity contribution is 0.0976. The van der Waals surface area contributed by atoms with Crippen LogP contribution in [0.1, 0.15) is 42.5 Å². The average Bonchev–Trinajstić information content (AvgIpc) is 2.32. The lowest BCUT2D eigenvalue weighted by atomic mass is 10.0. The van der Waals surface area contributed by atoms with Crippen LogP contribution < -0.4 is 0 Å². The summed E-state index contributed by atoms with van der Waals surface area (Å²) >= 11 is 9.16. The molecule has 0 aliphatic carbocycles. The number of hydrogen-bond donors (Lipinski definition) is 1. The molecule has 0 aromatic heterocycles. The maximum Gasteiger partial charge on any atom is 0.166 e. The molecule has 0 spiro atoms. The molecule has 0 heterocycles. The van der Waals surface area contributed by atoms with E-state index in [9.17, 15) is 9.90 Å². The Labute approximate surface area is 115 Å². The summed E-state index contributed by atoms with van der Waals surface area (Å²) < 4.78 is 0. The first-order valence-electron chi connectivity index (χ1n) is 5.73. The molecule has 0 bridgehead atoms. The summed E-state index contributed by atoms with van der Waals surface area (Å²) in [6.07, 6.45) is 4.63. The molecule has 4 heteroatoms. The standard InChI is InChI=1S/C13H16BrClO2/c14-8-4-2-1-3-5-12(16)11-9-10(15)6-7-13(11)17/h6-7,9,17H,1-5,8H2. The first-order valence-corrected chi connectivity index (χ1v) is 7.22. The van der Waals surface area contributed by atoms with Crippen molar-refractivity contribution in [2.45, 2.75) is 32.1 Å². The van der Waals surface area contributed by atoms with E-state index in [0.29, 0.717) is 17.0 Å². The summed E-state index contributed by atoms with van der Waals surface area (Å²) in [5, 5.41) is 11.0. The number of Topliss-reactive ketones (excluding diaryl/α,β-unsaturated/α-hetero) is 1. The van der Waals surface area contributed by atoms with Crippen molar-refractivity contribution in [3.8, 4) is 5.75 Å². The number of unbranched alkanes of at least 4 members (excludes halogenated alkanes) is 3. The first kappa shape index (κ1) is 14.5. The van der Waals surface area contributed by atoms with Crippen molar-refractivity contribution >= 4 is 33.3 Å². The lowest BCUT2D eigenvalue weighted by Crippen LogP contribution is -1.99. The average molecular weight is 320 g/mol. The monoisotopic (exact) mass is 318 g/mol. The van der Waals surface area contributed by atoms with Crippen LogP contribution in [0.4, 0.5) is 0 Å². The number of hydrogen-bond acceptors (Lipinski definition) is 2. The predicted octanol–water partition coefficient (Wildman–Crippen LogP) is 4.57. The Morgan fingerprint density at radius 2 is 1.94 bits per heavy atom. The van der Waals surface area contributed by atoms with Gasteiger partial charge in [-0.25, -0.2) is 0 Å². The Balaban J connectivity index is 2.44. The molecule has 2 nitrogen and oxygen atoms in total. The van der Waals surface area contributed by atoms with Gasteiger partial charge in [-0.05, 0) is 31.0 Å². The number of rotatable bonds is 7. The van der Waals surface area contributed by atoms with Gasteiger partial charge in [0.05, 0.1) is 5.56 Å². The zero-order chi connectivity index (χ0) is 12.7. The number of alkyl halides is 1. The first-order chi connectivity index (χ1) is 8.15. The number of phenols is 1. The van der Waals surface area contributed by atoms with Gasteiger partial charge < -0.3 is 5.11 Å². The Hall–Kier alpha value is -0.540. The second kappa shape index (κ2) is 7.72. The van der Waals surface area contributed by atoms with Crippen molar-refractivity contribution in [3.05, 3.63) is 28.8 Å². The highest BCUT2D eigenvalue weighted by Gasteiger charge is 2.11. The topological polar surface area (TPSA) is 37.3 Å². The van der Waals surface area contributed by atoms with Crippen LogP contribution in [0.2, 0.25) is 5.02 Å². The molecule has 1 N–H and O–H groups in total. The van der Waals surface area contributed by atoms with Gasteiger partial charge >= 0.3 is 0 Å². The van der Waals surface area contributed by atoms with E-state index in [-0.39, 0.29) is 11.5 Å². The van der Waals surface area contributed by atoms with Gasteiger partial charge in [0.15, 0.2) is 5.78 Å². The van der Waals surface area contributed by atoms with Crippen molar-refractivity contribution in [1.82, 2.24) is 0 Å². The molecule has 0 radical (unpaired) electrons. The summed E-state index contributed by atoms with van der Waals surface area (Å²) in [7, 11) is 0. The molecule has 0 saturated carbocycles. The lowest BCUT2D eigenvalue weighted by Gasteiger charge is -2.04. The van der Waals surface area contributed by atoms with Crippen LogP contribution in [0, 0.1) is 0 Å². The highest BCUT2D eigenvalue weighted by Crippen LogP contribution is 2.23. The van der Waals surface area contributed by atoms with Gasteiger partial charge in [0.2, 0.25) is 0 Å². The van der Waals surface area contributed by atoms with Crippen LogP contribution >= 0.6 is 27.5 Å². The van der Waals surface area contributed by atoms with E-state index in [2.05, 4.69) is 15.9 Å². The fourth-order valence-corrected chi connectivity index (χ4v) is 2.17. The van der Waals surface area contributed by atoms with E-state index >= 15 is 0 Å². The normalized spacial score (nSPS) is 10.5. The van der Waals surface area contributed by atoms with E-state index in [0.717, 1.165) is 31.0 Å². The van der Waals surface area contributed by atoms with Crippen molar-refractivity contribution in [1.29, 1.82) is 0 Å². The van der Waals surface area contributed by atoms with Crippen molar-refractivity contribution in [3.63, 3.8) is 0 Å². The van der Waals surface area contributed by atoms with E-state index < -0.39 is 0 Å². The van der Waals surface area contributed by atoms with E-state index in [1.807, 2.05) is 0 Å². The second-order valence-corrected chi connectivity index (χ2v) is 5.17. The van der Waals surface area contributed by atoms with Crippen LogP contribution in [0.5, 0.6) is 5.75 Å². The molecule has 0 saturated heterocycles. The third kappa shape index (κ3) is 5.09. The fraction of sp³-hybridized carbons (Fsp3) is 0.462. The van der Waals surface area contributed by atoms with E-state index in [1.54, 1.807) is 6.07 Å². The molecule has 0 unspecified atom stereocenters. The Kier molecular flexibility index (Phi) is 6.60. The highest BCUT2D eigenvalue weighted by atomic mass is 79.9. The minimum atomic E-state index is -0.0381. The van der Waals surface area contributed by atoms with Crippen molar-refractivity contribution in [2.75, 3.05) is 5.33 Å². The zero-order valence-electron chi connectivity index (χ0n) is 9.59. The number of halogens is 2. The molecule has 0 aliphatic heterocycles. The van der Waals surface area contributed by atoms with Gasteiger partial charge in [0.1, 0.15) is 5.75 Å². The molecule has 0 atom stereocenters. The van der Waals surface area contributed by atoms with Crippen LogP contribution in [0.3, 0.4) is 0 Å². The van der Waals surface area contributed by atoms with Gasteiger partial charge in [0, 0.05) is 16.8 Å². The molecule has 1 aromatic carbocycles. The summed E-state index contributed by atoms with van der Waals surface area (Å²) in [6, 6.07) is 4.56. The Bertz CT molecular complexity index is 380. The molecule has 1 aromatic rings. The number of carbonyl (C=O) groups is 1. The van der Waals surface area contributed by atoms with Crippen LogP contribution in [-0.4, -0.2) is 16.2 Å². The summed E-state index contributed by atoms with van der Waals surface area (Å²) in [6.45, 7) is 0. The molecule has 0 fully saturated rings. The molecular formula is C13H16BrClO2. The third-order valence-corrected chi connectivity index (χ3v) is 3.34. The van der Waals surface area contributed by atoms with Crippen molar-refractivity contribution in [2.24, 2.45) is 0 Å². The Morgan fingerprint density at radius 1 is 1.24 bits per heavy atom. The predicted molar refractivity (Wildman–Crippen MR) is 74.3 cm³/mol. The number of phenolic OH excluding ortho intramolecular Hbond substituents is 1. The maximum absolute atomic E-state index is 11.8.